The SMILES string of the molecule is Cc1nccn1-c1cc(N2CCN(C(=O)Cn3ncccc3=O)CC2)ncn1. The van der Waals surface area contributed by atoms with Gasteiger partial charge in [0.15, 0.2) is 0 Å². The molecule has 144 valence electrons. The van der Waals surface area contributed by atoms with Gasteiger partial charge in [0.05, 0.1) is 0 Å². The number of piperazine rings is 1. The van der Waals surface area contributed by atoms with Crippen molar-refractivity contribution in [1.29, 1.82) is 0 Å². The fourth-order valence-corrected chi connectivity index (χ4v) is 3.18. The third-order valence-corrected chi connectivity index (χ3v) is 4.74. The maximum absolute atomic E-state index is 12.5. The highest BCUT2D eigenvalue weighted by Crippen LogP contribution is 2.17. The van der Waals surface area contributed by atoms with Gasteiger partial charge in [-0.15, -0.1) is 0 Å². The zero-order valence-corrected chi connectivity index (χ0v) is 15.5. The Hall–Kier alpha value is -3.56. The van der Waals surface area contributed by atoms with Crippen molar-refractivity contribution in [2.45, 2.75) is 13.5 Å². The number of carbonyl (C=O) groups is 1. The number of imidazole rings is 1. The van der Waals surface area contributed by atoms with E-state index < -0.39 is 0 Å². The topological polar surface area (TPSA) is 102 Å². The van der Waals surface area contributed by atoms with E-state index in [9.17, 15) is 9.59 Å². The van der Waals surface area contributed by atoms with Gasteiger partial charge in [-0.1, -0.05) is 0 Å². The van der Waals surface area contributed by atoms with Gasteiger partial charge in [-0.25, -0.2) is 19.6 Å². The molecule has 1 aliphatic rings. The third kappa shape index (κ3) is 3.61. The molecule has 1 amide bonds. The molecule has 0 saturated carbocycles. The minimum absolute atomic E-state index is 0.0444. The summed E-state index contributed by atoms with van der Waals surface area (Å²) in [6, 6.07) is 4.87. The molecule has 0 aromatic carbocycles. The number of anilines is 1. The van der Waals surface area contributed by atoms with Crippen molar-refractivity contribution < 1.29 is 4.79 Å². The molecule has 1 fully saturated rings. The van der Waals surface area contributed by atoms with Crippen LogP contribution in [0, 0.1) is 6.92 Å². The summed E-state index contributed by atoms with van der Waals surface area (Å²) in [5.41, 5.74) is -0.280. The number of carbonyl (C=O) groups excluding carboxylic acids is 1. The lowest BCUT2D eigenvalue weighted by atomic mass is 10.3. The Morgan fingerprint density at radius 1 is 1.07 bits per heavy atom. The highest BCUT2D eigenvalue weighted by Gasteiger charge is 2.23. The minimum Gasteiger partial charge on any atom is -0.353 e. The molecular formula is C18H20N8O2. The molecule has 10 heteroatoms. The van der Waals surface area contributed by atoms with E-state index in [4.69, 9.17) is 0 Å². The van der Waals surface area contributed by atoms with E-state index in [1.54, 1.807) is 17.2 Å². The molecule has 0 N–H and O–H groups in total. The molecule has 0 unspecified atom stereocenters. The second-order valence-corrected chi connectivity index (χ2v) is 6.47. The quantitative estimate of drug-likeness (QED) is 0.622. The van der Waals surface area contributed by atoms with Crippen LogP contribution in [0.1, 0.15) is 5.82 Å². The monoisotopic (exact) mass is 380 g/mol. The van der Waals surface area contributed by atoms with Crippen LogP contribution < -0.4 is 10.5 Å². The van der Waals surface area contributed by atoms with Crippen molar-refractivity contribution in [2.75, 3.05) is 31.1 Å². The van der Waals surface area contributed by atoms with Crippen molar-refractivity contribution in [3.63, 3.8) is 0 Å². The second-order valence-electron chi connectivity index (χ2n) is 6.47. The molecule has 4 rings (SSSR count). The van der Waals surface area contributed by atoms with Crippen LogP contribution in [-0.2, 0) is 11.3 Å². The Labute approximate surface area is 161 Å². The van der Waals surface area contributed by atoms with Gasteiger partial charge in [-0.05, 0) is 13.0 Å². The number of nitrogens with zero attached hydrogens (tertiary/aromatic N) is 8. The van der Waals surface area contributed by atoms with Gasteiger partial charge in [-0.3, -0.25) is 14.2 Å². The van der Waals surface area contributed by atoms with E-state index in [1.807, 2.05) is 23.8 Å². The first-order chi connectivity index (χ1) is 13.6. The summed E-state index contributed by atoms with van der Waals surface area (Å²) in [5.74, 6) is 2.31. The Kier molecular flexibility index (Phi) is 4.83. The van der Waals surface area contributed by atoms with Crippen molar-refractivity contribution in [3.8, 4) is 5.82 Å². The predicted octanol–water partition coefficient (Wildman–Crippen LogP) is -0.124. The number of hydrogen-bond donors (Lipinski definition) is 0. The fraction of sp³-hybridized carbons (Fsp3) is 0.333. The minimum atomic E-state index is -0.280. The van der Waals surface area contributed by atoms with Crippen molar-refractivity contribution in [1.82, 2.24) is 34.2 Å². The second kappa shape index (κ2) is 7.59. The average molecular weight is 380 g/mol. The van der Waals surface area contributed by atoms with Crippen LogP contribution in [0.4, 0.5) is 5.82 Å². The lowest BCUT2D eigenvalue weighted by molar-refractivity contribution is -0.132. The first kappa shape index (κ1) is 17.8. The van der Waals surface area contributed by atoms with Crippen LogP contribution in [0.5, 0.6) is 0 Å². The molecule has 3 aromatic rings. The summed E-state index contributed by atoms with van der Waals surface area (Å²) < 4.78 is 3.08. The summed E-state index contributed by atoms with van der Waals surface area (Å²) in [4.78, 5) is 41.0. The average Bonchev–Trinajstić information content (AvgIpc) is 3.16. The molecule has 3 aromatic heterocycles. The largest absolute Gasteiger partial charge is 0.353 e. The van der Waals surface area contributed by atoms with Crippen LogP contribution in [0.15, 0.2) is 47.9 Å². The van der Waals surface area contributed by atoms with E-state index in [0.717, 1.165) is 17.5 Å². The van der Waals surface area contributed by atoms with E-state index in [-0.39, 0.29) is 18.0 Å². The van der Waals surface area contributed by atoms with Gasteiger partial charge in [0, 0.05) is 56.9 Å². The number of aromatic nitrogens is 6. The lowest BCUT2D eigenvalue weighted by Gasteiger charge is -2.35. The van der Waals surface area contributed by atoms with Crippen molar-refractivity contribution >= 4 is 11.7 Å². The number of amides is 1. The van der Waals surface area contributed by atoms with Crippen LogP contribution in [0.2, 0.25) is 0 Å². The summed E-state index contributed by atoms with van der Waals surface area (Å²) in [6.45, 7) is 4.30. The predicted molar refractivity (Wildman–Crippen MR) is 101 cm³/mol. The van der Waals surface area contributed by atoms with Crippen LogP contribution in [0.3, 0.4) is 0 Å². The summed E-state index contributed by atoms with van der Waals surface area (Å²) in [6.07, 6.45) is 6.63. The van der Waals surface area contributed by atoms with Gasteiger partial charge >= 0.3 is 0 Å². The van der Waals surface area contributed by atoms with E-state index in [0.29, 0.717) is 26.2 Å². The molecule has 10 nitrogen and oxygen atoms in total. The Balaban J connectivity index is 1.40. The maximum Gasteiger partial charge on any atom is 0.267 e. The number of rotatable bonds is 4. The number of aryl methyl sites for hydroxylation is 1. The molecule has 1 saturated heterocycles. The van der Waals surface area contributed by atoms with Crippen molar-refractivity contribution in [3.05, 3.63) is 59.3 Å². The first-order valence-electron chi connectivity index (χ1n) is 8.99. The lowest BCUT2D eigenvalue weighted by Crippen LogP contribution is -2.50. The van der Waals surface area contributed by atoms with Gasteiger partial charge in [-0.2, -0.15) is 5.10 Å². The third-order valence-electron chi connectivity index (χ3n) is 4.74. The number of hydrogen-bond acceptors (Lipinski definition) is 7. The van der Waals surface area contributed by atoms with Crippen LogP contribution in [0.25, 0.3) is 5.82 Å². The molecule has 0 spiro atoms. The van der Waals surface area contributed by atoms with Gasteiger partial charge in [0.2, 0.25) is 5.91 Å². The molecule has 1 aliphatic heterocycles. The Morgan fingerprint density at radius 2 is 1.86 bits per heavy atom. The fourth-order valence-electron chi connectivity index (χ4n) is 3.18. The summed E-state index contributed by atoms with van der Waals surface area (Å²) >= 11 is 0. The highest BCUT2D eigenvalue weighted by atomic mass is 16.2. The van der Waals surface area contributed by atoms with E-state index >= 15 is 0 Å². The maximum atomic E-state index is 12.5. The molecule has 0 atom stereocenters. The molecule has 0 radical (unpaired) electrons. The Morgan fingerprint density at radius 3 is 2.57 bits per heavy atom. The van der Waals surface area contributed by atoms with Crippen LogP contribution in [-0.4, -0.2) is 66.3 Å². The van der Waals surface area contributed by atoms with Gasteiger partial charge in [0.1, 0.15) is 30.3 Å². The molecule has 4 heterocycles. The van der Waals surface area contributed by atoms with Gasteiger partial charge < -0.3 is 9.80 Å². The molecular weight excluding hydrogens is 360 g/mol. The van der Waals surface area contributed by atoms with E-state index in [2.05, 4.69) is 25.0 Å². The smallest absolute Gasteiger partial charge is 0.267 e. The van der Waals surface area contributed by atoms with E-state index in [1.165, 1.54) is 23.3 Å². The standard InChI is InChI=1S/C18H20N8O2/c1-14-19-5-6-25(14)16-11-15(20-13-21-16)23-7-9-24(10-8-23)18(28)12-26-17(27)3-2-4-22-26/h2-6,11,13H,7-10,12H2,1H3. The summed E-state index contributed by atoms with van der Waals surface area (Å²) in [7, 11) is 0. The zero-order valence-electron chi connectivity index (χ0n) is 15.5. The van der Waals surface area contributed by atoms with Gasteiger partial charge in [0.25, 0.3) is 5.56 Å². The molecule has 0 bridgehead atoms. The molecule has 28 heavy (non-hydrogen) atoms. The Bertz CT molecular complexity index is 1040. The normalized spacial score (nSPS) is 14.3. The van der Waals surface area contributed by atoms with Crippen LogP contribution >= 0.6 is 0 Å². The highest BCUT2D eigenvalue weighted by molar-refractivity contribution is 5.76. The molecule has 0 aliphatic carbocycles. The first-order valence-corrected chi connectivity index (χ1v) is 8.99. The van der Waals surface area contributed by atoms with Crippen molar-refractivity contribution in [2.24, 2.45) is 0 Å². The summed E-state index contributed by atoms with van der Waals surface area (Å²) in [5, 5.41) is 3.94. The zero-order chi connectivity index (χ0) is 19.5.